The van der Waals surface area contributed by atoms with E-state index in [1.165, 1.54) is 13.2 Å². The monoisotopic (exact) mass is 335 g/mol. The van der Waals surface area contributed by atoms with Gasteiger partial charge in [-0.05, 0) is 56.2 Å². The number of methoxy groups -OCH3 is 1. The summed E-state index contributed by atoms with van der Waals surface area (Å²) in [5, 5.41) is 9.71. The Bertz CT molecular complexity index is 790. The molecular weight excluding hydrogens is 314 g/mol. The van der Waals surface area contributed by atoms with Crippen LogP contribution in [0.3, 0.4) is 0 Å². The third kappa shape index (κ3) is 4.46. The van der Waals surface area contributed by atoms with E-state index in [2.05, 4.69) is 4.72 Å². The summed E-state index contributed by atoms with van der Waals surface area (Å²) in [5.41, 5.74) is 0.985. The van der Waals surface area contributed by atoms with Gasteiger partial charge in [-0.2, -0.15) is 0 Å². The Morgan fingerprint density at radius 3 is 2.13 bits per heavy atom. The van der Waals surface area contributed by atoms with E-state index in [0.29, 0.717) is 5.75 Å². The lowest BCUT2D eigenvalue weighted by molar-refractivity contribution is 0.408. The second-order valence-corrected chi connectivity index (χ2v) is 7.98. The minimum absolute atomic E-state index is 0.0884. The maximum atomic E-state index is 12.3. The number of rotatable bonds is 4. The van der Waals surface area contributed by atoms with Crippen LogP contribution < -0.4 is 9.46 Å². The third-order valence-corrected chi connectivity index (χ3v) is 4.84. The van der Waals surface area contributed by atoms with Crippen LogP contribution in [0.5, 0.6) is 11.5 Å². The summed E-state index contributed by atoms with van der Waals surface area (Å²) in [6.45, 7) is 5.37. The summed E-state index contributed by atoms with van der Waals surface area (Å²) in [7, 11) is -2.04. The Morgan fingerprint density at radius 1 is 1.00 bits per heavy atom. The normalized spacial score (nSPS) is 12.2. The van der Waals surface area contributed by atoms with E-state index in [1.807, 2.05) is 0 Å². The molecule has 0 aliphatic rings. The first-order valence-electron chi connectivity index (χ1n) is 7.13. The fourth-order valence-electron chi connectivity index (χ4n) is 2.16. The van der Waals surface area contributed by atoms with Gasteiger partial charge in [0.15, 0.2) is 0 Å². The molecule has 0 heterocycles. The molecule has 0 radical (unpaired) electrons. The molecule has 0 atom stereocenters. The number of hydrogen-bond donors (Lipinski definition) is 2. The first-order valence-corrected chi connectivity index (χ1v) is 8.61. The van der Waals surface area contributed by atoms with Crippen molar-refractivity contribution in [3.05, 3.63) is 42.5 Å². The van der Waals surface area contributed by atoms with Crippen LogP contribution >= 0.6 is 0 Å². The molecule has 0 saturated carbocycles. The van der Waals surface area contributed by atoms with Crippen molar-refractivity contribution in [2.45, 2.75) is 31.2 Å². The maximum absolute atomic E-state index is 12.3. The molecule has 0 aliphatic heterocycles. The van der Waals surface area contributed by atoms with E-state index < -0.39 is 15.6 Å². The highest BCUT2D eigenvalue weighted by molar-refractivity contribution is 7.89. The third-order valence-electron chi connectivity index (χ3n) is 3.07. The van der Waals surface area contributed by atoms with Gasteiger partial charge in [0.05, 0.1) is 12.0 Å². The van der Waals surface area contributed by atoms with Gasteiger partial charge < -0.3 is 9.84 Å². The number of sulfonamides is 1. The van der Waals surface area contributed by atoms with E-state index in [0.717, 1.165) is 11.1 Å². The molecule has 23 heavy (non-hydrogen) atoms. The lowest BCUT2D eigenvalue weighted by atomic mass is 10.1. The fourth-order valence-corrected chi connectivity index (χ4v) is 3.57. The zero-order valence-electron chi connectivity index (χ0n) is 13.6. The average molecular weight is 335 g/mol. The molecule has 6 heteroatoms. The first-order chi connectivity index (χ1) is 10.6. The second kappa shape index (κ2) is 6.22. The topological polar surface area (TPSA) is 75.6 Å². The molecule has 0 unspecified atom stereocenters. The van der Waals surface area contributed by atoms with Gasteiger partial charge in [-0.1, -0.05) is 12.1 Å². The number of benzene rings is 2. The van der Waals surface area contributed by atoms with Crippen LogP contribution in [0.15, 0.2) is 47.4 Å². The number of hydrogen-bond acceptors (Lipinski definition) is 4. The molecule has 2 N–H and O–H groups in total. The van der Waals surface area contributed by atoms with Crippen molar-refractivity contribution in [2.75, 3.05) is 7.11 Å². The van der Waals surface area contributed by atoms with Crippen molar-refractivity contribution >= 4 is 10.0 Å². The summed E-state index contributed by atoms with van der Waals surface area (Å²) >= 11 is 0. The predicted molar refractivity (Wildman–Crippen MR) is 90.2 cm³/mol. The Hall–Kier alpha value is -2.05. The van der Waals surface area contributed by atoms with Gasteiger partial charge in [-0.15, -0.1) is 0 Å². The van der Waals surface area contributed by atoms with Gasteiger partial charge >= 0.3 is 0 Å². The van der Waals surface area contributed by atoms with Crippen LogP contribution in [0.1, 0.15) is 20.8 Å². The van der Waals surface area contributed by atoms with Crippen molar-refractivity contribution < 1.29 is 18.3 Å². The van der Waals surface area contributed by atoms with E-state index in [-0.39, 0.29) is 10.6 Å². The van der Waals surface area contributed by atoms with Crippen molar-refractivity contribution in [1.82, 2.24) is 4.72 Å². The van der Waals surface area contributed by atoms with Crippen molar-refractivity contribution in [1.29, 1.82) is 0 Å². The molecule has 5 nitrogen and oxygen atoms in total. The van der Waals surface area contributed by atoms with E-state index >= 15 is 0 Å². The van der Waals surface area contributed by atoms with Gasteiger partial charge in [0.2, 0.25) is 10.0 Å². The van der Waals surface area contributed by atoms with Crippen molar-refractivity contribution in [2.24, 2.45) is 0 Å². The van der Waals surface area contributed by atoms with Gasteiger partial charge in [0, 0.05) is 11.6 Å². The van der Waals surface area contributed by atoms with Crippen molar-refractivity contribution in [3.8, 4) is 22.6 Å². The molecule has 0 aromatic heterocycles. The second-order valence-electron chi connectivity index (χ2n) is 6.30. The number of phenolic OH excluding ortho intramolecular Hbond substituents is 1. The van der Waals surface area contributed by atoms with Crippen LogP contribution in [0, 0.1) is 0 Å². The lowest BCUT2D eigenvalue weighted by Crippen LogP contribution is -2.40. The molecule has 2 aromatic carbocycles. The Balaban J connectivity index is 2.35. The predicted octanol–water partition coefficient (Wildman–Crippen LogP) is 3.14. The zero-order valence-corrected chi connectivity index (χ0v) is 14.4. The van der Waals surface area contributed by atoms with Gasteiger partial charge in [0.1, 0.15) is 11.5 Å². The van der Waals surface area contributed by atoms with Gasteiger partial charge in [-0.3, -0.25) is 0 Å². The Morgan fingerprint density at radius 2 is 1.61 bits per heavy atom. The summed E-state index contributed by atoms with van der Waals surface area (Å²) in [6, 6.07) is 11.4. The largest absolute Gasteiger partial charge is 0.508 e. The minimum atomic E-state index is -3.56. The number of aromatic hydroxyl groups is 1. The Labute approximate surface area is 137 Å². The molecule has 2 aromatic rings. The van der Waals surface area contributed by atoms with E-state index in [4.69, 9.17) is 4.74 Å². The highest BCUT2D eigenvalue weighted by Crippen LogP contribution is 2.29. The first kappa shape index (κ1) is 17.3. The van der Waals surface area contributed by atoms with E-state index in [9.17, 15) is 13.5 Å². The molecule has 0 amide bonds. The fraction of sp³-hybridized carbons (Fsp3) is 0.294. The summed E-state index contributed by atoms with van der Waals surface area (Å²) in [6.07, 6.45) is 0. The van der Waals surface area contributed by atoms with Crippen molar-refractivity contribution in [3.63, 3.8) is 0 Å². The molecule has 124 valence electrons. The van der Waals surface area contributed by atoms with Crippen LogP contribution in [-0.4, -0.2) is 26.2 Å². The van der Waals surface area contributed by atoms with Gasteiger partial charge in [-0.25, -0.2) is 13.1 Å². The van der Waals surface area contributed by atoms with Gasteiger partial charge in [0.25, 0.3) is 0 Å². The highest BCUT2D eigenvalue weighted by atomic mass is 32.2. The molecular formula is C17H21NO4S. The number of phenols is 1. The molecule has 0 spiro atoms. The standard InChI is InChI=1S/C17H21NO4S/c1-17(2,3)18-23(20,21)16-7-5-12(6-8-16)13-9-14(19)11-15(10-13)22-4/h5-11,18-19H,1-4H3. The average Bonchev–Trinajstić information content (AvgIpc) is 2.44. The molecule has 0 aliphatic carbocycles. The molecule has 2 rings (SSSR count). The van der Waals surface area contributed by atoms with Crippen LogP contribution in [0.25, 0.3) is 11.1 Å². The Kier molecular flexibility index (Phi) is 4.68. The van der Waals surface area contributed by atoms with Crippen LogP contribution in [-0.2, 0) is 10.0 Å². The summed E-state index contributed by atoms with van der Waals surface area (Å²) in [5.74, 6) is 0.622. The maximum Gasteiger partial charge on any atom is 0.241 e. The summed E-state index contributed by atoms with van der Waals surface area (Å²) < 4.78 is 32.3. The van der Waals surface area contributed by atoms with Crippen LogP contribution in [0.2, 0.25) is 0 Å². The highest BCUT2D eigenvalue weighted by Gasteiger charge is 2.21. The number of nitrogens with one attached hydrogen (secondary N) is 1. The lowest BCUT2D eigenvalue weighted by Gasteiger charge is -2.20. The molecule has 0 bridgehead atoms. The molecule has 0 fully saturated rings. The minimum Gasteiger partial charge on any atom is -0.508 e. The zero-order chi connectivity index (χ0) is 17.3. The number of ether oxygens (including phenoxy) is 1. The SMILES string of the molecule is COc1cc(O)cc(-c2ccc(S(=O)(=O)NC(C)(C)C)cc2)c1. The quantitative estimate of drug-likeness (QED) is 0.900. The van der Waals surface area contributed by atoms with Crippen LogP contribution in [0.4, 0.5) is 0 Å². The smallest absolute Gasteiger partial charge is 0.241 e. The molecule has 0 saturated heterocycles. The van der Waals surface area contributed by atoms with E-state index in [1.54, 1.807) is 57.2 Å². The summed E-state index contributed by atoms with van der Waals surface area (Å²) in [4.78, 5) is 0.197.